The first-order chi connectivity index (χ1) is 15.6. The normalized spacial score (nSPS) is 19.6. The number of hydrogen-bond acceptors (Lipinski definition) is 6. The summed E-state index contributed by atoms with van der Waals surface area (Å²) in [5.74, 6) is -0.587. The molecule has 0 radical (unpaired) electrons. The molecule has 1 aliphatic carbocycles. The first-order valence-corrected chi connectivity index (χ1v) is 11.1. The van der Waals surface area contributed by atoms with Gasteiger partial charge < -0.3 is 14.6 Å². The molecule has 1 aliphatic rings. The molecule has 2 heterocycles. The Morgan fingerprint density at radius 2 is 1.94 bits per heavy atom. The van der Waals surface area contributed by atoms with Gasteiger partial charge in [-0.3, -0.25) is 5.10 Å². The molecule has 0 bridgehead atoms. The molecular weight excluding hydrogens is 410 g/mol. The van der Waals surface area contributed by atoms with Gasteiger partial charge in [0, 0.05) is 13.5 Å². The van der Waals surface area contributed by atoms with E-state index < -0.39 is 5.97 Å². The second-order valence-electron chi connectivity index (χ2n) is 8.25. The van der Waals surface area contributed by atoms with Crippen LogP contribution in [0, 0.1) is 0 Å². The summed E-state index contributed by atoms with van der Waals surface area (Å²) in [7, 11) is 1.74. The van der Waals surface area contributed by atoms with E-state index in [0.29, 0.717) is 5.92 Å². The average molecular weight is 440 g/mol. The van der Waals surface area contributed by atoms with Crippen molar-refractivity contribution in [1.29, 1.82) is 0 Å². The molecule has 2 aromatic heterocycles. The highest BCUT2D eigenvalue weighted by atomic mass is 16.5. The quantitative estimate of drug-likeness (QED) is 0.460. The summed E-state index contributed by atoms with van der Waals surface area (Å²) in [4.78, 5) is 11.2. The van der Waals surface area contributed by atoms with Gasteiger partial charge in [-0.25, -0.2) is 9.89 Å². The van der Waals surface area contributed by atoms with E-state index in [2.05, 4.69) is 62.9 Å². The van der Waals surface area contributed by atoms with E-state index in [-0.39, 0.29) is 23.8 Å². The number of nitrogens with zero attached hydrogens (tertiary/aromatic N) is 3. The molecule has 0 saturated heterocycles. The number of methoxy groups -OCH3 is 1. The van der Waals surface area contributed by atoms with Crippen LogP contribution in [0.5, 0.6) is 5.88 Å². The molecule has 9 nitrogen and oxygen atoms in total. The van der Waals surface area contributed by atoms with E-state index in [9.17, 15) is 4.79 Å². The SMILES string of the molecule is CCC(Cc1cc(-c2ccc([C@H]3CC[C@H](Oc4nn[nH]c4C(=O)O)CC3)cc2)[nH]n1)OC. The Morgan fingerprint density at radius 1 is 1.19 bits per heavy atom. The Morgan fingerprint density at radius 3 is 2.59 bits per heavy atom. The van der Waals surface area contributed by atoms with Crippen molar-refractivity contribution < 1.29 is 19.4 Å². The number of aromatic amines is 2. The van der Waals surface area contributed by atoms with Crippen LogP contribution in [0.2, 0.25) is 0 Å². The highest BCUT2D eigenvalue weighted by molar-refractivity contribution is 5.87. The minimum atomic E-state index is -1.12. The van der Waals surface area contributed by atoms with Crippen molar-refractivity contribution in [3.8, 4) is 17.1 Å². The monoisotopic (exact) mass is 439 g/mol. The number of ether oxygens (including phenoxy) is 2. The van der Waals surface area contributed by atoms with Crippen molar-refractivity contribution in [2.75, 3.05) is 7.11 Å². The Labute approximate surface area is 186 Å². The van der Waals surface area contributed by atoms with Crippen LogP contribution < -0.4 is 4.74 Å². The second kappa shape index (κ2) is 9.95. The van der Waals surface area contributed by atoms with Crippen molar-refractivity contribution in [2.24, 2.45) is 0 Å². The number of benzene rings is 1. The summed E-state index contributed by atoms with van der Waals surface area (Å²) in [6, 6.07) is 10.7. The van der Waals surface area contributed by atoms with E-state index in [4.69, 9.17) is 14.6 Å². The summed E-state index contributed by atoms with van der Waals surface area (Å²) in [6.07, 6.45) is 5.56. The summed E-state index contributed by atoms with van der Waals surface area (Å²) in [5, 5.41) is 26.4. The van der Waals surface area contributed by atoms with Crippen LogP contribution in [0.1, 0.15) is 66.7 Å². The largest absolute Gasteiger partial charge is 0.476 e. The van der Waals surface area contributed by atoms with Gasteiger partial charge in [-0.1, -0.05) is 41.5 Å². The molecule has 1 fully saturated rings. The third kappa shape index (κ3) is 4.99. The van der Waals surface area contributed by atoms with Gasteiger partial charge in [0.1, 0.15) is 6.10 Å². The van der Waals surface area contributed by atoms with E-state index in [1.54, 1.807) is 7.11 Å². The summed E-state index contributed by atoms with van der Waals surface area (Å²) in [6.45, 7) is 2.11. The number of hydrogen-bond donors (Lipinski definition) is 3. The molecule has 3 N–H and O–H groups in total. The van der Waals surface area contributed by atoms with Crippen LogP contribution in [-0.2, 0) is 11.2 Å². The van der Waals surface area contributed by atoms with Gasteiger partial charge in [0.25, 0.3) is 5.88 Å². The van der Waals surface area contributed by atoms with E-state index >= 15 is 0 Å². The predicted molar refractivity (Wildman–Crippen MR) is 118 cm³/mol. The predicted octanol–water partition coefficient (Wildman–Crippen LogP) is 3.97. The Kier molecular flexibility index (Phi) is 6.84. The topological polar surface area (TPSA) is 126 Å². The van der Waals surface area contributed by atoms with E-state index in [0.717, 1.165) is 55.5 Å². The third-order valence-electron chi connectivity index (χ3n) is 6.23. The van der Waals surface area contributed by atoms with Crippen LogP contribution in [0.3, 0.4) is 0 Å². The first kappa shape index (κ1) is 22.0. The smallest absolute Gasteiger partial charge is 0.359 e. The lowest BCUT2D eigenvalue weighted by molar-refractivity contribution is 0.0677. The number of nitrogens with one attached hydrogen (secondary N) is 2. The van der Waals surface area contributed by atoms with Crippen molar-refractivity contribution in [3.63, 3.8) is 0 Å². The fourth-order valence-corrected chi connectivity index (χ4v) is 4.29. The maximum atomic E-state index is 11.2. The fourth-order valence-electron chi connectivity index (χ4n) is 4.29. The van der Waals surface area contributed by atoms with E-state index in [1.807, 2.05) is 0 Å². The maximum Gasteiger partial charge on any atom is 0.359 e. The van der Waals surface area contributed by atoms with Crippen LogP contribution in [0.15, 0.2) is 30.3 Å². The Balaban J connectivity index is 1.33. The van der Waals surface area contributed by atoms with Crippen LogP contribution >= 0.6 is 0 Å². The number of aromatic carboxylic acids is 1. The lowest BCUT2D eigenvalue weighted by Crippen LogP contribution is -2.24. The number of rotatable bonds is 9. The molecule has 3 aromatic rings. The molecule has 1 unspecified atom stereocenters. The molecule has 9 heteroatoms. The van der Waals surface area contributed by atoms with Gasteiger partial charge in [0.2, 0.25) is 5.69 Å². The number of carboxylic acids is 1. The summed E-state index contributed by atoms with van der Waals surface area (Å²) in [5.41, 5.74) is 4.34. The van der Waals surface area contributed by atoms with Crippen molar-refractivity contribution in [1.82, 2.24) is 25.6 Å². The standard InChI is InChI=1S/C23H29N5O4/c1-3-18(31-2)12-17-13-20(25-24-17)16-6-4-14(5-7-16)15-8-10-19(11-9-15)32-22-21(23(29)30)26-28-27-22/h4-7,13,15,18-19H,3,8-12H2,1-2H3,(H,24,25)(H,29,30)(H,26,27,28)/t15-,18?,19-. The maximum absolute atomic E-state index is 11.2. The lowest BCUT2D eigenvalue weighted by Gasteiger charge is -2.28. The molecule has 1 atom stereocenters. The second-order valence-corrected chi connectivity index (χ2v) is 8.25. The molecule has 1 aromatic carbocycles. The van der Waals surface area contributed by atoms with E-state index in [1.165, 1.54) is 5.56 Å². The highest BCUT2D eigenvalue weighted by Crippen LogP contribution is 2.35. The zero-order valence-corrected chi connectivity index (χ0v) is 18.4. The summed E-state index contributed by atoms with van der Waals surface area (Å²) >= 11 is 0. The molecule has 32 heavy (non-hydrogen) atoms. The van der Waals surface area contributed by atoms with Gasteiger partial charge in [-0.05, 0) is 55.2 Å². The van der Waals surface area contributed by atoms with Gasteiger partial charge in [-0.2, -0.15) is 5.10 Å². The van der Waals surface area contributed by atoms with Gasteiger partial charge in [0.15, 0.2) is 0 Å². The molecule has 0 spiro atoms. The van der Waals surface area contributed by atoms with Crippen molar-refractivity contribution in [3.05, 3.63) is 47.3 Å². The highest BCUT2D eigenvalue weighted by Gasteiger charge is 2.26. The zero-order chi connectivity index (χ0) is 22.5. The van der Waals surface area contributed by atoms with Gasteiger partial charge in [0.05, 0.1) is 17.5 Å². The number of H-pyrrole nitrogens is 2. The third-order valence-corrected chi connectivity index (χ3v) is 6.23. The minimum absolute atomic E-state index is 0.0452. The molecular formula is C23H29N5O4. The first-order valence-electron chi connectivity index (χ1n) is 11.1. The van der Waals surface area contributed by atoms with Crippen LogP contribution in [-0.4, -0.2) is 56.0 Å². The fraction of sp³-hybridized carbons (Fsp3) is 0.478. The van der Waals surface area contributed by atoms with Crippen LogP contribution in [0.4, 0.5) is 0 Å². The zero-order valence-electron chi connectivity index (χ0n) is 18.4. The summed E-state index contributed by atoms with van der Waals surface area (Å²) < 4.78 is 11.2. The van der Waals surface area contributed by atoms with Crippen molar-refractivity contribution >= 4 is 5.97 Å². The molecule has 0 aliphatic heterocycles. The Bertz CT molecular complexity index is 1020. The molecule has 170 valence electrons. The van der Waals surface area contributed by atoms with Gasteiger partial charge >= 0.3 is 5.97 Å². The lowest BCUT2D eigenvalue weighted by atomic mass is 9.82. The number of aromatic nitrogens is 5. The number of carboxylic acid groups (broad SMARTS) is 1. The molecule has 4 rings (SSSR count). The Hall–Kier alpha value is -3.20. The van der Waals surface area contributed by atoms with Crippen LogP contribution in [0.25, 0.3) is 11.3 Å². The number of carbonyl (C=O) groups is 1. The molecule has 0 amide bonds. The van der Waals surface area contributed by atoms with Gasteiger partial charge in [-0.15, -0.1) is 0 Å². The molecule has 1 saturated carbocycles. The average Bonchev–Trinajstić information content (AvgIpc) is 3.48. The van der Waals surface area contributed by atoms with Crippen molar-refractivity contribution in [2.45, 2.75) is 63.6 Å². The minimum Gasteiger partial charge on any atom is -0.476 e.